The first-order chi connectivity index (χ1) is 9.76. The minimum absolute atomic E-state index is 0.768. The number of aromatic nitrogens is 2. The van der Waals surface area contributed by atoms with Crippen LogP contribution in [0.25, 0.3) is 10.9 Å². The lowest BCUT2D eigenvalue weighted by atomic mass is 10.2. The lowest BCUT2D eigenvalue weighted by molar-refractivity contribution is 0.318. The minimum Gasteiger partial charge on any atom is -0.494 e. The maximum atomic E-state index is 5.67. The van der Waals surface area contributed by atoms with Gasteiger partial charge in [0.2, 0.25) is 0 Å². The normalized spacial score (nSPS) is 11.1. The van der Waals surface area contributed by atoms with Gasteiger partial charge in [0.25, 0.3) is 0 Å². The maximum Gasteiger partial charge on any atom is 0.120 e. The van der Waals surface area contributed by atoms with Gasteiger partial charge in [-0.2, -0.15) is 0 Å². The predicted octanol–water partition coefficient (Wildman–Crippen LogP) is 4.24. The van der Waals surface area contributed by atoms with Crippen LogP contribution in [0.3, 0.4) is 0 Å². The molecular weight excluding hydrogens is 268 g/mol. The third-order valence-electron chi connectivity index (χ3n) is 3.21. The first kappa shape index (κ1) is 13.2. The number of fused-ring (bicyclic) bond motifs is 1. The average Bonchev–Trinajstić information content (AvgIpc) is 3.04. The summed E-state index contributed by atoms with van der Waals surface area (Å²) in [6.45, 7) is 5.75. The molecule has 0 bridgehead atoms. The van der Waals surface area contributed by atoms with Crippen LogP contribution in [0.15, 0.2) is 35.8 Å². The topological polar surface area (TPSA) is 27.1 Å². The van der Waals surface area contributed by atoms with Gasteiger partial charge in [-0.25, -0.2) is 4.98 Å². The Morgan fingerprint density at radius 2 is 2.20 bits per heavy atom. The SMILES string of the molecule is CCCOc1ccc2c(ccn2Cc2csc(C)n2)c1. The monoisotopic (exact) mass is 286 g/mol. The lowest BCUT2D eigenvalue weighted by Gasteiger charge is -2.06. The van der Waals surface area contributed by atoms with Crippen LogP contribution < -0.4 is 4.74 Å². The van der Waals surface area contributed by atoms with Crippen molar-refractivity contribution in [2.45, 2.75) is 26.8 Å². The molecule has 1 aromatic carbocycles. The smallest absolute Gasteiger partial charge is 0.120 e. The Morgan fingerprint density at radius 3 is 2.95 bits per heavy atom. The molecule has 4 heteroatoms. The maximum absolute atomic E-state index is 5.67. The van der Waals surface area contributed by atoms with E-state index in [-0.39, 0.29) is 0 Å². The lowest BCUT2D eigenvalue weighted by Crippen LogP contribution is -1.98. The summed E-state index contributed by atoms with van der Waals surface area (Å²) in [6.07, 6.45) is 3.14. The summed E-state index contributed by atoms with van der Waals surface area (Å²) in [4.78, 5) is 4.52. The van der Waals surface area contributed by atoms with Crippen molar-refractivity contribution >= 4 is 22.2 Å². The van der Waals surface area contributed by atoms with Gasteiger partial charge in [0.1, 0.15) is 5.75 Å². The number of ether oxygens (including phenoxy) is 1. The molecule has 20 heavy (non-hydrogen) atoms. The van der Waals surface area contributed by atoms with Crippen LogP contribution in [0.5, 0.6) is 5.75 Å². The largest absolute Gasteiger partial charge is 0.494 e. The molecule has 0 aliphatic rings. The van der Waals surface area contributed by atoms with Gasteiger partial charge in [0, 0.05) is 22.5 Å². The van der Waals surface area contributed by atoms with Crippen LogP contribution in [0.2, 0.25) is 0 Å². The Hall–Kier alpha value is -1.81. The summed E-state index contributed by atoms with van der Waals surface area (Å²) in [5, 5.41) is 4.46. The van der Waals surface area contributed by atoms with Crippen LogP contribution in [0.1, 0.15) is 24.0 Å². The van der Waals surface area contributed by atoms with Gasteiger partial charge in [-0.05, 0) is 37.6 Å². The molecule has 0 saturated carbocycles. The van der Waals surface area contributed by atoms with Crippen molar-refractivity contribution in [3.05, 3.63) is 46.5 Å². The number of rotatable bonds is 5. The van der Waals surface area contributed by atoms with Crippen LogP contribution in [-0.4, -0.2) is 16.2 Å². The van der Waals surface area contributed by atoms with E-state index in [1.54, 1.807) is 11.3 Å². The molecule has 3 nitrogen and oxygen atoms in total. The van der Waals surface area contributed by atoms with Gasteiger partial charge in [-0.3, -0.25) is 0 Å². The standard InChI is InChI=1S/C16H18N2OS/c1-3-8-19-15-4-5-16-13(9-15)6-7-18(16)10-14-11-20-12(2)17-14/h4-7,9,11H,3,8,10H2,1-2H3. The molecule has 3 aromatic rings. The molecule has 0 spiro atoms. The summed E-state index contributed by atoms with van der Waals surface area (Å²) < 4.78 is 7.90. The second-order valence-corrected chi connectivity index (χ2v) is 5.93. The first-order valence-electron chi connectivity index (χ1n) is 6.89. The van der Waals surface area contributed by atoms with E-state index in [2.05, 4.69) is 46.3 Å². The van der Waals surface area contributed by atoms with E-state index < -0.39 is 0 Å². The van der Waals surface area contributed by atoms with Crippen molar-refractivity contribution in [2.24, 2.45) is 0 Å². The number of aryl methyl sites for hydroxylation is 1. The van der Waals surface area contributed by atoms with Crippen molar-refractivity contribution < 1.29 is 4.74 Å². The molecule has 0 amide bonds. The van der Waals surface area contributed by atoms with E-state index in [4.69, 9.17) is 4.74 Å². The molecule has 3 rings (SSSR count). The molecule has 0 unspecified atom stereocenters. The zero-order valence-electron chi connectivity index (χ0n) is 11.8. The zero-order chi connectivity index (χ0) is 13.9. The van der Waals surface area contributed by atoms with Gasteiger partial charge in [0.15, 0.2) is 0 Å². The number of hydrogen-bond donors (Lipinski definition) is 0. The molecule has 0 atom stereocenters. The molecule has 0 saturated heterocycles. The molecule has 0 aliphatic carbocycles. The Bertz CT molecular complexity index is 714. The summed E-state index contributed by atoms with van der Waals surface area (Å²) >= 11 is 1.70. The van der Waals surface area contributed by atoms with Gasteiger partial charge < -0.3 is 9.30 Å². The van der Waals surface area contributed by atoms with Gasteiger partial charge in [-0.15, -0.1) is 11.3 Å². The Balaban J connectivity index is 1.85. The van der Waals surface area contributed by atoms with E-state index in [1.807, 2.05) is 13.0 Å². The summed E-state index contributed by atoms with van der Waals surface area (Å²) in [6, 6.07) is 8.40. The third-order valence-corrected chi connectivity index (χ3v) is 4.04. The van der Waals surface area contributed by atoms with Crippen molar-refractivity contribution in [1.82, 2.24) is 9.55 Å². The van der Waals surface area contributed by atoms with Crippen LogP contribution in [0.4, 0.5) is 0 Å². The highest BCUT2D eigenvalue weighted by Crippen LogP contribution is 2.23. The fourth-order valence-corrected chi connectivity index (χ4v) is 2.88. The van der Waals surface area contributed by atoms with Crippen molar-refractivity contribution in [3.63, 3.8) is 0 Å². The number of hydrogen-bond acceptors (Lipinski definition) is 3. The number of nitrogens with zero attached hydrogens (tertiary/aromatic N) is 2. The zero-order valence-corrected chi connectivity index (χ0v) is 12.6. The molecular formula is C16H18N2OS. The number of benzene rings is 1. The molecule has 0 aliphatic heterocycles. The van der Waals surface area contributed by atoms with Gasteiger partial charge in [0.05, 0.1) is 23.9 Å². The highest BCUT2D eigenvalue weighted by molar-refractivity contribution is 7.09. The number of thiazole rings is 1. The molecule has 0 N–H and O–H groups in total. The Kier molecular flexibility index (Phi) is 3.74. The summed E-state index contributed by atoms with van der Waals surface area (Å²) in [5.41, 5.74) is 2.34. The highest BCUT2D eigenvalue weighted by Gasteiger charge is 2.05. The predicted molar refractivity (Wildman–Crippen MR) is 83.7 cm³/mol. The molecule has 2 heterocycles. The molecule has 104 valence electrons. The quantitative estimate of drug-likeness (QED) is 0.701. The fraction of sp³-hybridized carbons (Fsp3) is 0.312. The van der Waals surface area contributed by atoms with Crippen molar-refractivity contribution in [3.8, 4) is 5.75 Å². The van der Waals surface area contributed by atoms with E-state index >= 15 is 0 Å². The summed E-state index contributed by atoms with van der Waals surface area (Å²) in [7, 11) is 0. The van der Waals surface area contributed by atoms with Gasteiger partial charge >= 0.3 is 0 Å². The third kappa shape index (κ3) is 2.70. The Morgan fingerprint density at radius 1 is 1.30 bits per heavy atom. The molecule has 0 radical (unpaired) electrons. The minimum atomic E-state index is 0.768. The van der Waals surface area contributed by atoms with Crippen molar-refractivity contribution in [2.75, 3.05) is 6.61 Å². The van der Waals surface area contributed by atoms with E-state index in [0.717, 1.165) is 36.0 Å². The van der Waals surface area contributed by atoms with E-state index in [1.165, 1.54) is 10.9 Å². The van der Waals surface area contributed by atoms with E-state index in [0.29, 0.717) is 0 Å². The van der Waals surface area contributed by atoms with Crippen LogP contribution >= 0.6 is 11.3 Å². The van der Waals surface area contributed by atoms with Gasteiger partial charge in [-0.1, -0.05) is 6.92 Å². The first-order valence-corrected chi connectivity index (χ1v) is 7.77. The molecule has 2 aromatic heterocycles. The Labute approximate surface area is 122 Å². The van der Waals surface area contributed by atoms with Crippen LogP contribution in [-0.2, 0) is 6.54 Å². The van der Waals surface area contributed by atoms with E-state index in [9.17, 15) is 0 Å². The molecule has 0 fully saturated rings. The summed E-state index contributed by atoms with van der Waals surface area (Å²) in [5.74, 6) is 0.946. The second kappa shape index (κ2) is 5.67. The fourth-order valence-electron chi connectivity index (χ4n) is 2.28. The highest BCUT2D eigenvalue weighted by atomic mass is 32.1. The van der Waals surface area contributed by atoms with Crippen molar-refractivity contribution in [1.29, 1.82) is 0 Å². The second-order valence-electron chi connectivity index (χ2n) is 4.87. The van der Waals surface area contributed by atoms with Crippen LogP contribution in [0, 0.1) is 6.92 Å². The average molecular weight is 286 g/mol.